The molecule has 0 N–H and O–H groups in total. The Labute approximate surface area is 212 Å². The largest absolute Gasteiger partial charge is 0.433 e. The number of amides is 1. The highest BCUT2D eigenvalue weighted by Gasteiger charge is 2.33. The highest BCUT2D eigenvalue weighted by molar-refractivity contribution is 5.94. The Morgan fingerprint density at radius 3 is 2.19 bits per heavy atom. The van der Waals surface area contributed by atoms with Crippen molar-refractivity contribution < 1.29 is 22.4 Å². The van der Waals surface area contributed by atoms with E-state index in [-0.39, 0.29) is 29.6 Å². The lowest BCUT2D eigenvalue weighted by atomic mass is 9.95. The van der Waals surface area contributed by atoms with E-state index < -0.39 is 11.9 Å². The van der Waals surface area contributed by atoms with E-state index in [1.165, 1.54) is 42.6 Å². The summed E-state index contributed by atoms with van der Waals surface area (Å²) < 4.78 is 52.5. The average molecular weight is 523 g/mol. The summed E-state index contributed by atoms with van der Waals surface area (Å²) in [6.07, 6.45) is 0.933. The summed E-state index contributed by atoms with van der Waals surface area (Å²) in [4.78, 5) is 25.3. The number of halogens is 5. The third-order valence-electron chi connectivity index (χ3n) is 6.83. The number of carbonyl (C=O) groups excluding carboxylic acids is 1. The van der Waals surface area contributed by atoms with Crippen LogP contribution in [0.2, 0.25) is 0 Å². The molecule has 1 saturated carbocycles. The van der Waals surface area contributed by atoms with Crippen LogP contribution in [-0.4, -0.2) is 47.0 Å². The zero-order valence-corrected chi connectivity index (χ0v) is 20.4. The Kier molecular flexibility index (Phi) is 7.68. The maximum Gasteiger partial charge on any atom is 0.433 e. The molecule has 1 aliphatic heterocycles. The second kappa shape index (κ2) is 10.6. The lowest BCUT2D eigenvalue weighted by Gasteiger charge is -2.36. The molecule has 192 valence electrons. The molecule has 2 aliphatic rings. The number of nitrogens with zero attached hydrogens (tertiary/aromatic N) is 4. The summed E-state index contributed by atoms with van der Waals surface area (Å²) in [7, 11) is 0. The van der Waals surface area contributed by atoms with E-state index in [4.69, 9.17) is 0 Å². The van der Waals surface area contributed by atoms with Gasteiger partial charge in [-0.05, 0) is 80.0 Å². The lowest BCUT2D eigenvalue weighted by molar-refractivity contribution is -0.140. The second-order valence-corrected chi connectivity index (χ2v) is 9.49. The minimum absolute atomic E-state index is 0. The summed E-state index contributed by atoms with van der Waals surface area (Å²) in [5.74, 6) is 1.04. The molecule has 2 aromatic heterocycles. The van der Waals surface area contributed by atoms with Gasteiger partial charge in [-0.25, -0.2) is 14.4 Å². The normalized spacial score (nSPS) is 16.6. The van der Waals surface area contributed by atoms with Gasteiger partial charge in [-0.15, -0.1) is 12.4 Å². The van der Waals surface area contributed by atoms with Gasteiger partial charge in [0.1, 0.15) is 17.3 Å². The number of alkyl halides is 3. The van der Waals surface area contributed by atoms with Gasteiger partial charge in [0, 0.05) is 43.3 Å². The number of aromatic nitrogens is 2. The highest BCUT2D eigenvalue weighted by atomic mass is 35.5. The Hall–Kier alpha value is -2.94. The van der Waals surface area contributed by atoms with Crippen LogP contribution in [0, 0.1) is 17.7 Å². The number of anilines is 1. The van der Waals surface area contributed by atoms with Crippen molar-refractivity contribution in [1.82, 2.24) is 14.9 Å². The quantitative estimate of drug-likeness (QED) is 0.374. The zero-order valence-electron chi connectivity index (χ0n) is 19.5. The first kappa shape index (κ1) is 26.1. The summed E-state index contributed by atoms with van der Waals surface area (Å²) in [6.45, 7) is 2.74. The maximum atomic E-state index is 13.3. The number of hydrogen-bond donors (Lipinski definition) is 0. The molecule has 0 atom stereocenters. The van der Waals surface area contributed by atoms with E-state index >= 15 is 0 Å². The van der Waals surface area contributed by atoms with E-state index in [0.29, 0.717) is 54.8 Å². The average Bonchev–Trinajstić information content (AvgIpc) is 3.67. The number of pyridine rings is 2. The van der Waals surface area contributed by atoms with E-state index in [9.17, 15) is 22.4 Å². The molecular formula is C26H27ClF4N4O. The van der Waals surface area contributed by atoms with Crippen LogP contribution < -0.4 is 4.90 Å². The molecule has 0 spiro atoms. The van der Waals surface area contributed by atoms with Crippen LogP contribution in [0.25, 0.3) is 10.9 Å². The van der Waals surface area contributed by atoms with Crippen molar-refractivity contribution in [3.8, 4) is 0 Å². The SMILES string of the molecule is Cl.O=C(c1ccc(F)cc1)N(CC1CC1)CC1CCN(c2nccc3nc(C(F)(F)F)ccc23)CC1. The van der Waals surface area contributed by atoms with Crippen molar-refractivity contribution in [2.24, 2.45) is 11.8 Å². The Morgan fingerprint density at radius 2 is 1.58 bits per heavy atom. The third-order valence-corrected chi connectivity index (χ3v) is 6.83. The number of rotatable bonds is 6. The zero-order chi connectivity index (χ0) is 24.6. The van der Waals surface area contributed by atoms with Gasteiger partial charge in [0.15, 0.2) is 0 Å². The predicted octanol–water partition coefficient (Wildman–Crippen LogP) is 5.98. The first-order valence-electron chi connectivity index (χ1n) is 11.9. The molecule has 5 rings (SSSR count). The minimum Gasteiger partial charge on any atom is -0.356 e. The summed E-state index contributed by atoms with van der Waals surface area (Å²) >= 11 is 0. The first-order chi connectivity index (χ1) is 16.8. The van der Waals surface area contributed by atoms with Crippen LogP contribution in [0.4, 0.5) is 23.4 Å². The highest BCUT2D eigenvalue weighted by Crippen LogP contribution is 2.34. The van der Waals surface area contributed by atoms with E-state index in [1.54, 1.807) is 0 Å². The van der Waals surface area contributed by atoms with Crippen molar-refractivity contribution in [2.75, 3.05) is 31.1 Å². The molecule has 5 nitrogen and oxygen atoms in total. The van der Waals surface area contributed by atoms with Crippen LogP contribution in [-0.2, 0) is 6.18 Å². The third kappa shape index (κ3) is 5.88. The molecule has 1 saturated heterocycles. The number of carbonyl (C=O) groups is 1. The molecule has 1 amide bonds. The van der Waals surface area contributed by atoms with Crippen molar-refractivity contribution in [3.05, 3.63) is 65.7 Å². The first-order valence-corrected chi connectivity index (χ1v) is 11.9. The molecule has 0 unspecified atom stereocenters. The number of hydrogen-bond acceptors (Lipinski definition) is 4. The van der Waals surface area contributed by atoms with Crippen molar-refractivity contribution in [3.63, 3.8) is 0 Å². The molecule has 10 heteroatoms. The molecule has 3 heterocycles. The summed E-state index contributed by atoms with van der Waals surface area (Å²) in [5, 5.41) is 0.598. The van der Waals surface area contributed by atoms with Gasteiger partial charge in [0.25, 0.3) is 5.91 Å². The van der Waals surface area contributed by atoms with Crippen molar-refractivity contribution in [2.45, 2.75) is 31.9 Å². The number of piperidine rings is 1. The molecule has 36 heavy (non-hydrogen) atoms. The van der Waals surface area contributed by atoms with Gasteiger partial charge in [-0.2, -0.15) is 13.2 Å². The summed E-state index contributed by atoms with van der Waals surface area (Å²) in [5.41, 5.74) is -0.148. The molecule has 1 aromatic carbocycles. The van der Waals surface area contributed by atoms with Gasteiger partial charge in [-0.1, -0.05) is 0 Å². The predicted molar refractivity (Wildman–Crippen MR) is 132 cm³/mol. The molecule has 2 fully saturated rings. The van der Waals surface area contributed by atoms with E-state index in [0.717, 1.165) is 31.7 Å². The Balaban J connectivity index is 0.00000304. The van der Waals surface area contributed by atoms with E-state index in [1.807, 2.05) is 4.90 Å². The van der Waals surface area contributed by atoms with Crippen LogP contribution in [0.1, 0.15) is 41.7 Å². The van der Waals surface area contributed by atoms with Crippen LogP contribution in [0.3, 0.4) is 0 Å². The fourth-order valence-corrected chi connectivity index (χ4v) is 4.72. The maximum absolute atomic E-state index is 13.3. The van der Waals surface area contributed by atoms with E-state index in [2.05, 4.69) is 14.9 Å². The van der Waals surface area contributed by atoms with Gasteiger partial charge in [0.2, 0.25) is 0 Å². The van der Waals surface area contributed by atoms with Gasteiger partial charge in [-0.3, -0.25) is 4.79 Å². The minimum atomic E-state index is -4.49. The van der Waals surface area contributed by atoms with Crippen LogP contribution >= 0.6 is 12.4 Å². The molecule has 0 bridgehead atoms. The Morgan fingerprint density at radius 1 is 0.944 bits per heavy atom. The lowest BCUT2D eigenvalue weighted by Crippen LogP contribution is -2.42. The summed E-state index contributed by atoms with van der Waals surface area (Å²) in [6, 6.07) is 9.62. The fourth-order valence-electron chi connectivity index (χ4n) is 4.72. The molecule has 3 aromatic rings. The fraction of sp³-hybridized carbons (Fsp3) is 0.423. The smallest absolute Gasteiger partial charge is 0.356 e. The van der Waals surface area contributed by atoms with Crippen molar-refractivity contribution >= 4 is 35.0 Å². The molecular weight excluding hydrogens is 496 g/mol. The monoisotopic (exact) mass is 522 g/mol. The van der Waals surface area contributed by atoms with Gasteiger partial charge >= 0.3 is 6.18 Å². The molecule has 1 aliphatic carbocycles. The van der Waals surface area contributed by atoms with Gasteiger partial charge < -0.3 is 9.80 Å². The van der Waals surface area contributed by atoms with Crippen LogP contribution in [0.5, 0.6) is 0 Å². The van der Waals surface area contributed by atoms with Crippen molar-refractivity contribution in [1.29, 1.82) is 0 Å². The van der Waals surface area contributed by atoms with Gasteiger partial charge in [0.05, 0.1) is 5.52 Å². The number of fused-ring (bicyclic) bond motifs is 1. The van der Waals surface area contributed by atoms with Crippen LogP contribution in [0.15, 0.2) is 48.7 Å². The second-order valence-electron chi connectivity index (χ2n) is 9.49. The Bertz CT molecular complexity index is 1210. The standard InChI is InChI=1S/C26H26F4N4O.ClH/c27-20-5-3-19(4-6-20)25(35)34(15-17-1-2-17)16-18-10-13-33(14-11-18)24-21-7-8-23(26(28,29)30)32-22(21)9-12-31-24;/h3-9,12,17-18H,1-2,10-11,13-16H2;1H. The number of benzene rings is 1. The molecule has 0 radical (unpaired) electrons. The topological polar surface area (TPSA) is 49.3 Å².